The monoisotopic (exact) mass is 229 g/mol. The van der Waals surface area contributed by atoms with E-state index in [1.165, 1.54) is 6.07 Å². The molecule has 74 valence electrons. The van der Waals surface area contributed by atoms with Gasteiger partial charge in [-0.3, -0.25) is 0 Å². The Labute approximate surface area is 87.8 Å². The Balaban J connectivity index is 3.45. The van der Waals surface area contributed by atoms with Crippen LogP contribution in [0.3, 0.4) is 0 Å². The molecular formula is C9H8ClNO2S. The third-order valence-electron chi connectivity index (χ3n) is 1.73. The lowest BCUT2D eigenvalue weighted by Crippen LogP contribution is -2.02. The van der Waals surface area contributed by atoms with Gasteiger partial charge in [0.2, 0.25) is 0 Å². The second kappa shape index (κ2) is 3.99. The minimum Gasteiger partial charge on any atom is -0.224 e. The molecule has 0 fully saturated rings. The van der Waals surface area contributed by atoms with Crippen LogP contribution in [0.5, 0.6) is 0 Å². The van der Waals surface area contributed by atoms with Crippen molar-refractivity contribution < 1.29 is 8.42 Å². The molecule has 5 heteroatoms. The molecule has 0 saturated heterocycles. The molecule has 0 spiro atoms. The van der Waals surface area contributed by atoms with Crippen molar-refractivity contribution >= 4 is 21.4 Å². The number of sulfone groups is 1. The summed E-state index contributed by atoms with van der Waals surface area (Å²) in [4.78, 5) is 0.131. The first kappa shape index (κ1) is 11.0. The maximum atomic E-state index is 11.3. The summed E-state index contributed by atoms with van der Waals surface area (Å²) in [5, 5.41) is 8.85. The largest absolute Gasteiger partial charge is 0.224 e. The molecule has 3 nitrogen and oxygen atoms in total. The molecule has 0 heterocycles. The molecule has 0 amide bonds. The van der Waals surface area contributed by atoms with E-state index in [0.29, 0.717) is 10.6 Å². The van der Waals surface area contributed by atoms with Crippen molar-refractivity contribution in [1.82, 2.24) is 0 Å². The van der Waals surface area contributed by atoms with Crippen LogP contribution in [-0.4, -0.2) is 14.7 Å². The first-order valence-corrected chi connectivity index (χ1v) is 6.08. The zero-order valence-corrected chi connectivity index (χ0v) is 9.06. The van der Waals surface area contributed by atoms with Crippen LogP contribution in [0.25, 0.3) is 0 Å². The molecule has 0 unspecified atom stereocenters. The van der Waals surface area contributed by atoms with Crippen LogP contribution in [-0.2, 0) is 16.3 Å². The molecule has 0 aliphatic rings. The molecule has 0 bridgehead atoms. The zero-order valence-electron chi connectivity index (χ0n) is 7.49. The predicted molar refractivity (Wildman–Crippen MR) is 53.9 cm³/mol. The minimum atomic E-state index is -3.31. The molecule has 0 aliphatic heterocycles. The standard InChI is InChI=1S/C9H8ClNO2S/c1-14(12,13)9-4-2-3-8(10)7(9)5-6-11/h2-4H,5H2,1H3. The summed E-state index contributed by atoms with van der Waals surface area (Å²) in [5.74, 6) is 0. The van der Waals surface area contributed by atoms with Gasteiger partial charge < -0.3 is 0 Å². The smallest absolute Gasteiger partial charge is 0.175 e. The summed E-state index contributed by atoms with van der Waals surface area (Å²) < 4.78 is 22.6. The summed E-state index contributed by atoms with van der Waals surface area (Å²) in [6, 6.07) is 6.47. The van der Waals surface area contributed by atoms with Crippen molar-refractivity contribution in [2.75, 3.05) is 6.26 Å². The highest BCUT2D eigenvalue weighted by Crippen LogP contribution is 2.24. The van der Waals surface area contributed by atoms with Crippen molar-refractivity contribution in [3.63, 3.8) is 0 Å². The van der Waals surface area contributed by atoms with Crippen LogP contribution < -0.4 is 0 Å². The summed E-state index contributed by atoms with van der Waals surface area (Å²) in [5.41, 5.74) is 0.374. The number of benzene rings is 1. The maximum Gasteiger partial charge on any atom is 0.175 e. The van der Waals surface area contributed by atoms with Crippen LogP contribution >= 0.6 is 11.6 Å². The molecule has 0 radical (unpaired) electrons. The van der Waals surface area contributed by atoms with Crippen LogP contribution in [0.15, 0.2) is 23.1 Å². The van der Waals surface area contributed by atoms with E-state index in [9.17, 15) is 8.42 Å². The number of halogens is 1. The normalized spacial score (nSPS) is 10.9. The van der Waals surface area contributed by atoms with Crippen LogP contribution in [0.4, 0.5) is 0 Å². The number of hydrogen-bond donors (Lipinski definition) is 0. The Hall–Kier alpha value is -1.05. The number of hydrogen-bond acceptors (Lipinski definition) is 3. The molecule has 14 heavy (non-hydrogen) atoms. The molecule has 1 rings (SSSR count). The van der Waals surface area contributed by atoms with E-state index >= 15 is 0 Å². The van der Waals surface area contributed by atoms with Gasteiger partial charge in [0.15, 0.2) is 9.84 Å². The van der Waals surface area contributed by atoms with Gasteiger partial charge in [0, 0.05) is 16.8 Å². The highest BCUT2D eigenvalue weighted by molar-refractivity contribution is 7.90. The Morgan fingerprint density at radius 1 is 1.50 bits per heavy atom. The van der Waals surface area contributed by atoms with Gasteiger partial charge in [-0.15, -0.1) is 0 Å². The van der Waals surface area contributed by atoms with Crippen molar-refractivity contribution in [3.8, 4) is 6.07 Å². The molecule has 0 aliphatic carbocycles. The first-order chi connectivity index (χ1) is 6.46. The molecular weight excluding hydrogens is 222 g/mol. The zero-order chi connectivity index (χ0) is 10.8. The van der Waals surface area contributed by atoms with E-state index in [2.05, 4.69) is 0 Å². The van der Waals surface area contributed by atoms with Crippen LogP contribution in [0.2, 0.25) is 5.02 Å². The van der Waals surface area contributed by atoms with E-state index in [1.807, 2.05) is 6.07 Å². The first-order valence-electron chi connectivity index (χ1n) is 3.81. The lowest BCUT2D eigenvalue weighted by atomic mass is 10.2. The number of nitriles is 1. The molecule has 1 aromatic carbocycles. The van der Waals surface area contributed by atoms with Crippen molar-refractivity contribution in [3.05, 3.63) is 28.8 Å². The van der Waals surface area contributed by atoms with Gasteiger partial charge in [0.05, 0.1) is 17.4 Å². The average Bonchev–Trinajstić information content (AvgIpc) is 2.07. The van der Waals surface area contributed by atoms with Gasteiger partial charge in [-0.2, -0.15) is 5.26 Å². The SMILES string of the molecule is CS(=O)(=O)c1cccc(Cl)c1CC#N. The Morgan fingerprint density at radius 2 is 2.14 bits per heavy atom. The fraction of sp³-hybridized carbons (Fsp3) is 0.222. The topological polar surface area (TPSA) is 57.9 Å². The van der Waals surface area contributed by atoms with Crippen LogP contribution in [0.1, 0.15) is 5.56 Å². The van der Waals surface area contributed by atoms with E-state index in [0.717, 1.165) is 6.26 Å². The maximum absolute atomic E-state index is 11.3. The lowest BCUT2D eigenvalue weighted by molar-refractivity contribution is 0.601. The van der Waals surface area contributed by atoms with Crippen molar-refractivity contribution in [1.29, 1.82) is 5.26 Å². The number of nitrogens with zero attached hydrogens (tertiary/aromatic N) is 1. The molecule has 0 N–H and O–H groups in total. The third-order valence-corrected chi connectivity index (χ3v) is 3.27. The highest BCUT2D eigenvalue weighted by atomic mass is 35.5. The average molecular weight is 230 g/mol. The summed E-state index contributed by atoms with van der Waals surface area (Å²) in [7, 11) is -3.31. The highest BCUT2D eigenvalue weighted by Gasteiger charge is 2.14. The number of rotatable bonds is 2. The van der Waals surface area contributed by atoms with E-state index in [4.69, 9.17) is 16.9 Å². The van der Waals surface area contributed by atoms with Crippen molar-refractivity contribution in [2.45, 2.75) is 11.3 Å². The Bertz CT molecular complexity index is 488. The van der Waals surface area contributed by atoms with E-state index in [1.54, 1.807) is 12.1 Å². The summed E-state index contributed by atoms with van der Waals surface area (Å²) in [6.45, 7) is 0. The quantitative estimate of drug-likeness (QED) is 0.777. The van der Waals surface area contributed by atoms with E-state index < -0.39 is 9.84 Å². The molecule has 0 atom stereocenters. The Morgan fingerprint density at radius 3 is 2.64 bits per heavy atom. The van der Waals surface area contributed by atoms with Gasteiger partial charge in [-0.1, -0.05) is 17.7 Å². The summed E-state index contributed by atoms with van der Waals surface area (Å²) >= 11 is 5.80. The fourth-order valence-electron chi connectivity index (χ4n) is 1.14. The fourth-order valence-corrected chi connectivity index (χ4v) is 2.39. The van der Waals surface area contributed by atoms with Gasteiger partial charge in [-0.05, 0) is 12.1 Å². The Kier molecular flexibility index (Phi) is 3.14. The lowest BCUT2D eigenvalue weighted by Gasteiger charge is -2.05. The van der Waals surface area contributed by atoms with Gasteiger partial charge >= 0.3 is 0 Å². The third kappa shape index (κ3) is 2.25. The van der Waals surface area contributed by atoms with Crippen molar-refractivity contribution in [2.24, 2.45) is 0 Å². The van der Waals surface area contributed by atoms with Gasteiger partial charge in [-0.25, -0.2) is 8.42 Å². The summed E-state index contributed by atoms with van der Waals surface area (Å²) in [6.07, 6.45) is 1.10. The van der Waals surface area contributed by atoms with Gasteiger partial charge in [0.25, 0.3) is 0 Å². The second-order valence-electron chi connectivity index (χ2n) is 2.82. The predicted octanol–water partition coefficient (Wildman–Crippen LogP) is 1.81. The molecule has 0 aromatic heterocycles. The minimum absolute atomic E-state index is 0.00206. The van der Waals surface area contributed by atoms with Gasteiger partial charge in [0.1, 0.15) is 0 Å². The van der Waals surface area contributed by atoms with Crippen LogP contribution in [0, 0.1) is 11.3 Å². The molecule has 0 saturated carbocycles. The molecule has 1 aromatic rings. The second-order valence-corrected chi connectivity index (χ2v) is 5.21. The van der Waals surface area contributed by atoms with E-state index in [-0.39, 0.29) is 11.3 Å².